The molecule has 0 radical (unpaired) electrons. The first-order chi connectivity index (χ1) is 8.72. The summed E-state index contributed by atoms with van der Waals surface area (Å²) in [4.78, 5) is 12.0. The first-order valence-electron chi connectivity index (χ1n) is 5.80. The number of nitrogens with zero attached hydrogens (tertiary/aromatic N) is 1. The molecule has 0 fully saturated rings. The molecule has 0 unspecified atom stereocenters. The van der Waals surface area contributed by atoms with E-state index in [2.05, 4.69) is 5.32 Å². The Morgan fingerprint density at radius 2 is 2.00 bits per heavy atom. The number of aliphatic hydroxyl groups excluding tert-OH is 1. The fraction of sp³-hybridized carbons (Fsp3) is 0.214. The Hall–Kier alpha value is -2.07. The average Bonchev–Trinajstić information content (AvgIpc) is 2.83. The molecule has 0 aliphatic carbocycles. The maximum atomic E-state index is 12.0. The molecule has 94 valence electrons. The van der Waals surface area contributed by atoms with Crippen LogP contribution in [0.1, 0.15) is 22.1 Å². The van der Waals surface area contributed by atoms with Crippen LogP contribution in [0.5, 0.6) is 0 Å². The van der Waals surface area contributed by atoms with Crippen LogP contribution in [-0.2, 0) is 7.05 Å². The summed E-state index contributed by atoms with van der Waals surface area (Å²) < 4.78 is 1.74. The van der Waals surface area contributed by atoms with E-state index in [-0.39, 0.29) is 18.6 Å². The molecule has 0 bridgehead atoms. The Bertz CT molecular complexity index is 520. The van der Waals surface area contributed by atoms with Crippen molar-refractivity contribution in [2.24, 2.45) is 7.05 Å². The number of aliphatic hydroxyl groups is 1. The Labute approximate surface area is 106 Å². The van der Waals surface area contributed by atoms with Crippen LogP contribution in [0.15, 0.2) is 48.7 Å². The van der Waals surface area contributed by atoms with Gasteiger partial charge in [0.25, 0.3) is 5.91 Å². The summed E-state index contributed by atoms with van der Waals surface area (Å²) in [5, 5.41) is 12.2. The second-order valence-electron chi connectivity index (χ2n) is 4.12. The molecule has 1 atom stereocenters. The summed E-state index contributed by atoms with van der Waals surface area (Å²) in [7, 11) is 1.81. The predicted octanol–water partition coefficient (Wildman–Crippen LogP) is 1.49. The molecule has 0 aliphatic rings. The van der Waals surface area contributed by atoms with E-state index in [0.717, 1.165) is 5.56 Å². The van der Waals surface area contributed by atoms with Crippen LogP contribution in [0.3, 0.4) is 0 Å². The lowest BCUT2D eigenvalue weighted by Crippen LogP contribution is -2.31. The first kappa shape index (κ1) is 12.4. The Morgan fingerprint density at radius 3 is 2.56 bits per heavy atom. The number of hydrogen-bond donors (Lipinski definition) is 2. The average molecular weight is 244 g/mol. The molecule has 0 aliphatic heterocycles. The number of aromatic nitrogens is 1. The Balaban J connectivity index is 2.13. The number of carbonyl (C=O) groups is 1. The van der Waals surface area contributed by atoms with Gasteiger partial charge in [0.2, 0.25) is 0 Å². The first-order valence-corrected chi connectivity index (χ1v) is 5.80. The fourth-order valence-electron chi connectivity index (χ4n) is 1.85. The van der Waals surface area contributed by atoms with E-state index in [0.29, 0.717) is 5.69 Å². The number of benzene rings is 1. The molecule has 0 saturated carbocycles. The van der Waals surface area contributed by atoms with Gasteiger partial charge in [-0.25, -0.2) is 0 Å². The van der Waals surface area contributed by atoms with Gasteiger partial charge in [0.15, 0.2) is 0 Å². The summed E-state index contributed by atoms with van der Waals surface area (Å²) in [5.41, 5.74) is 1.46. The molecule has 18 heavy (non-hydrogen) atoms. The highest BCUT2D eigenvalue weighted by atomic mass is 16.3. The van der Waals surface area contributed by atoms with E-state index < -0.39 is 0 Å². The Kier molecular flexibility index (Phi) is 3.79. The number of rotatable bonds is 4. The monoisotopic (exact) mass is 244 g/mol. The number of hydrogen-bond acceptors (Lipinski definition) is 2. The lowest BCUT2D eigenvalue weighted by atomic mass is 10.1. The third-order valence-electron chi connectivity index (χ3n) is 2.87. The van der Waals surface area contributed by atoms with Crippen molar-refractivity contribution in [1.29, 1.82) is 0 Å². The number of carbonyl (C=O) groups excluding carboxylic acids is 1. The molecule has 1 amide bonds. The molecule has 1 heterocycles. The van der Waals surface area contributed by atoms with E-state index in [4.69, 9.17) is 0 Å². The summed E-state index contributed by atoms with van der Waals surface area (Å²) in [5.74, 6) is -0.189. The zero-order valence-corrected chi connectivity index (χ0v) is 10.2. The van der Waals surface area contributed by atoms with Gasteiger partial charge in [-0.1, -0.05) is 30.3 Å². The van der Waals surface area contributed by atoms with E-state index in [1.165, 1.54) is 0 Å². The van der Waals surface area contributed by atoms with Gasteiger partial charge in [-0.15, -0.1) is 0 Å². The van der Waals surface area contributed by atoms with Crippen LogP contribution >= 0.6 is 0 Å². The highest BCUT2D eigenvalue weighted by Crippen LogP contribution is 2.12. The molecule has 1 aromatic heterocycles. The summed E-state index contributed by atoms with van der Waals surface area (Å²) in [6.45, 7) is -0.125. The van der Waals surface area contributed by atoms with E-state index in [1.807, 2.05) is 49.6 Å². The second kappa shape index (κ2) is 5.51. The lowest BCUT2D eigenvalue weighted by Gasteiger charge is -2.16. The van der Waals surface area contributed by atoms with Crippen LogP contribution in [0.2, 0.25) is 0 Å². The summed E-state index contributed by atoms with van der Waals surface area (Å²) >= 11 is 0. The minimum absolute atomic E-state index is 0.125. The summed E-state index contributed by atoms with van der Waals surface area (Å²) in [6.07, 6.45) is 1.81. The lowest BCUT2D eigenvalue weighted by molar-refractivity contribution is 0.0908. The third-order valence-corrected chi connectivity index (χ3v) is 2.87. The third kappa shape index (κ3) is 2.60. The van der Waals surface area contributed by atoms with Crippen molar-refractivity contribution in [3.8, 4) is 0 Å². The van der Waals surface area contributed by atoms with Gasteiger partial charge in [-0.3, -0.25) is 4.79 Å². The standard InChI is InChI=1S/C14H16N2O2/c1-16-9-5-8-13(16)14(18)15-12(10-17)11-6-3-2-4-7-11/h2-9,12,17H,10H2,1H3,(H,15,18)/t12-/m0/s1. The molecule has 2 rings (SSSR count). The van der Waals surface area contributed by atoms with Crippen molar-refractivity contribution < 1.29 is 9.90 Å². The quantitative estimate of drug-likeness (QED) is 0.856. The van der Waals surface area contributed by atoms with Crippen LogP contribution in [-0.4, -0.2) is 22.2 Å². The molecule has 4 heteroatoms. The molecule has 0 spiro atoms. The van der Waals surface area contributed by atoms with Crippen molar-refractivity contribution in [3.05, 3.63) is 59.9 Å². The highest BCUT2D eigenvalue weighted by Gasteiger charge is 2.15. The highest BCUT2D eigenvalue weighted by molar-refractivity contribution is 5.93. The Morgan fingerprint density at radius 1 is 1.28 bits per heavy atom. The van der Waals surface area contributed by atoms with E-state index >= 15 is 0 Å². The number of aryl methyl sites for hydroxylation is 1. The number of nitrogens with one attached hydrogen (secondary N) is 1. The van der Waals surface area contributed by atoms with Crippen LogP contribution in [0.4, 0.5) is 0 Å². The van der Waals surface area contributed by atoms with Crippen molar-refractivity contribution in [1.82, 2.24) is 9.88 Å². The van der Waals surface area contributed by atoms with Crippen LogP contribution in [0.25, 0.3) is 0 Å². The smallest absolute Gasteiger partial charge is 0.268 e. The van der Waals surface area contributed by atoms with Gasteiger partial charge in [0.1, 0.15) is 5.69 Å². The maximum absolute atomic E-state index is 12.0. The van der Waals surface area contributed by atoms with E-state index in [9.17, 15) is 9.90 Å². The van der Waals surface area contributed by atoms with Gasteiger partial charge < -0.3 is 15.0 Å². The van der Waals surface area contributed by atoms with Gasteiger partial charge >= 0.3 is 0 Å². The minimum Gasteiger partial charge on any atom is -0.394 e. The van der Waals surface area contributed by atoms with Crippen molar-refractivity contribution in [2.45, 2.75) is 6.04 Å². The second-order valence-corrected chi connectivity index (χ2v) is 4.12. The van der Waals surface area contributed by atoms with Crippen molar-refractivity contribution in [3.63, 3.8) is 0 Å². The maximum Gasteiger partial charge on any atom is 0.268 e. The van der Waals surface area contributed by atoms with Gasteiger partial charge in [-0.05, 0) is 17.7 Å². The molecule has 4 nitrogen and oxygen atoms in total. The number of amides is 1. The topological polar surface area (TPSA) is 54.3 Å². The van der Waals surface area contributed by atoms with Crippen LogP contribution < -0.4 is 5.32 Å². The molecule has 2 N–H and O–H groups in total. The molecule has 1 aromatic carbocycles. The van der Waals surface area contributed by atoms with Gasteiger partial charge in [-0.2, -0.15) is 0 Å². The zero-order chi connectivity index (χ0) is 13.0. The fourth-order valence-corrected chi connectivity index (χ4v) is 1.85. The molecular formula is C14H16N2O2. The SMILES string of the molecule is Cn1cccc1C(=O)N[C@@H](CO)c1ccccc1. The van der Waals surface area contributed by atoms with Crippen molar-refractivity contribution >= 4 is 5.91 Å². The van der Waals surface area contributed by atoms with Gasteiger partial charge in [0.05, 0.1) is 12.6 Å². The molecular weight excluding hydrogens is 228 g/mol. The van der Waals surface area contributed by atoms with Crippen molar-refractivity contribution in [2.75, 3.05) is 6.61 Å². The van der Waals surface area contributed by atoms with E-state index in [1.54, 1.807) is 10.6 Å². The molecule has 2 aromatic rings. The predicted molar refractivity (Wildman–Crippen MR) is 69.1 cm³/mol. The minimum atomic E-state index is -0.381. The zero-order valence-electron chi connectivity index (χ0n) is 10.2. The largest absolute Gasteiger partial charge is 0.394 e. The normalized spacial score (nSPS) is 12.1. The van der Waals surface area contributed by atoms with Gasteiger partial charge in [0, 0.05) is 13.2 Å². The van der Waals surface area contributed by atoms with Crippen LogP contribution in [0, 0.1) is 0 Å². The summed E-state index contributed by atoms with van der Waals surface area (Å²) in [6, 6.07) is 12.6. The molecule has 0 saturated heterocycles.